The molecule has 0 aliphatic heterocycles. The third-order valence-corrected chi connectivity index (χ3v) is 2.72. The Bertz CT molecular complexity index is 270. The van der Waals surface area contributed by atoms with Crippen molar-refractivity contribution in [3.05, 3.63) is 29.3 Å². The Hall–Kier alpha value is -1.02. The molecule has 0 heterocycles. The lowest BCUT2D eigenvalue weighted by Crippen LogP contribution is -2.23. The van der Waals surface area contributed by atoms with E-state index in [1.54, 1.807) is 0 Å². The highest BCUT2D eigenvalue weighted by atomic mass is 15.1. The Balaban J connectivity index is 2.84. The topological polar surface area (TPSA) is 29.3 Å². The van der Waals surface area contributed by atoms with Crippen LogP contribution in [0.1, 0.15) is 25.0 Å². The van der Waals surface area contributed by atoms with Crippen molar-refractivity contribution >= 4 is 5.69 Å². The number of nitrogen functional groups attached to an aromatic ring is 1. The van der Waals surface area contributed by atoms with Gasteiger partial charge in [-0.3, -0.25) is 4.90 Å². The normalized spacial score (nSPS) is 10.9. The Morgan fingerprint density at radius 2 is 1.86 bits per heavy atom. The first-order valence-corrected chi connectivity index (χ1v) is 5.25. The summed E-state index contributed by atoms with van der Waals surface area (Å²) in [5.41, 5.74) is 9.43. The van der Waals surface area contributed by atoms with E-state index < -0.39 is 0 Å². The number of rotatable bonds is 4. The molecule has 0 radical (unpaired) electrons. The molecular formula is C12H20N2. The van der Waals surface area contributed by atoms with Crippen molar-refractivity contribution in [2.75, 3.05) is 18.8 Å². The zero-order chi connectivity index (χ0) is 10.6. The molecule has 0 aliphatic rings. The molecule has 2 N–H and O–H groups in total. The van der Waals surface area contributed by atoms with Gasteiger partial charge in [0.1, 0.15) is 0 Å². The largest absolute Gasteiger partial charge is 0.398 e. The van der Waals surface area contributed by atoms with Crippen LogP contribution in [-0.2, 0) is 6.54 Å². The highest BCUT2D eigenvalue weighted by Crippen LogP contribution is 2.18. The number of benzene rings is 1. The molecule has 2 heteroatoms. The van der Waals surface area contributed by atoms with Crippen LogP contribution in [0.25, 0.3) is 0 Å². The summed E-state index contributed by atoms with van der Waals surface area (Å²) in [6, 6.07) is 6.11. The Kier molecular flexibility index (Phi) is 3.96. The van der Waals surface area contributed by atoms with E-state index in [0.717, 1.165) is 25.3 Å². The van der Waals surface area contributed by atoms with Gasteiger partial charge in [-0.2, -0.15) is 0 Å². The van der Waals surface area contributed by atoms with Gasteiger partial charge in [-0.1, -0.05) is 26.0 Å². The first-order chi connectivity index (χ1) is 6.69. The number of hydrogen-bond donors (Lipinski definition) is 1. The lowest BCUT2D eigenvalue weighted by atomic mass is 10.1. The monoisotopic (exact) mass is 192 g/mol. The van der Waals surface area contributed by atoms with Crippen LogP contribution in [0.3, 0.4) is 0 Å². The van der Waals surface area contributed by atoms with Crippen LogP contribution in [0, 0.1) is 6.92 Å². The summed E-state index contributed by atoms with van der Waals surface area (Å²) in [6.45, 7) is 9.59. The molecule has 1 aromatic rings. The first-order valence-electron chi connectivity index (χ1n) is 5.25. The van der Waals surface area contributed by atoms with Crippen LogP contribution in [0.4, 0.5) is 5.69 Å². The van der Waals surface area contributed by atoms with E-state index in [2.05, 4.69) is 31.7 Å². The lowest BCUT2D eigenvalue weighted by molar-refractivity contribution is 0.296. The number of nitrogens with two attached hydrogens (primary N) is 1. The number of anilines is 1. The summed E-state index contributed by atoms with van der Waals surface area (Å²) in [6.07, 6.45) is 0. The average Bonchev–Trinajstić information content (AvgIpc) is 2.18. The van der Waals surface area contributed by atoms with Crippen molar-refractivity contribution in [1.82, 2.24) is 4.90 Å². The smallest absolute Gasteiger partial charge is 0.0362 e. The fraction of sp³-hybridized carbons (Fsp3) is 0.500. The highest BCUT2D eigenvalue weighted by Gasteiger charge is 2.06. The molecule has 0 spiro atoms. The molecule has 0 unspecified atom stereocenters. The van der Waals surface area contributed by atoms with Crippen molar-refractivity contribution in [3.8, 4) is 0 Å². The van der Waals surface area contributed by atoms with Gasteiger partial charge in [0.05, 0.1) is 0 Å². The van der Waals surface area contributed by atoms with E-state index in [9.17, 15) is 0 Å². The summed E-state index contributed by atoms with van der Waals surface area (Å²) in [5.74, 6) is 0. The molecule has 0 saturated heterocycles. The maximum atomic E-state index is 5.95. The van der Waals surface area contributed by atoms with Crippen molar-refractivity contribution < 1.29 is 0 Å². The fourth-order valence-electron chi connectivity index (χ4n) is 1.61. The van der Waals surface area contributed by atoms with Crippen LogP contribution in [0.5, 0.6) is 0 Å². The number of aryl methyl sites for hydroxylation is 1. The van der Waals surface area contributed by atoms with E-state index in [0.29, 0.717) is 0 Å². The van der Waals surface area contributed by atoms with Crippen LogP contribution in [-0.4, -0.2) is 18.0 Å². The minimum Gasteiger partial charge on any atom is -0.398 e. The van der Waals surface area contributed by atoms with Gasteiger partial charge in [0, 0.05) is 12.2 Å². The molecule has 1 aromatic carbocycles. The highest BCUT2D eigenvalue weighted by molar-refractivity contribution is 5.50. The predicted octanol–water partition coefficient (Wildman–Crippen LogP) is 2.42. The summed E-state index contributed by atoms with van der Waals surface area (Å²) in [4.78, 5) is 2.37. The molecule has 0 bridgehead atoms. The fourth-order valence-corrected chi connectivity index (χ4v) is 1.61. The average molecular weight is 192 g/mol. The van der Waals surface area contributed by atoms with E-state index in [4.69, 9.17) is 5.73 Å². The van der Waals surface area contributed by atoms with Crippen molar-refractivity contribution in [2.24, 2.45) is 0 Å². The predicted molar refractivity (Wildman–Crippen MR) is 62.2 cm³/mol. The van der Waals surface area contributed by atoms with Gasteiger partial charge in [0.2, 0.25) is 0 Å². The van der Waals surface area contributed by atoms with Crippen LogP contribution in [0.2, 0.25) is 0 Å². The molecule has 14 heavy (non-hydrogen) atoms. The van der Waals surface area contributed by atoms with E-state index in [1.807, 2.05) is 12.1 Å². The molecule has 1 rings (SSSR count). The summed E-state index contributed by atoms with van der Waals surface area (Å²) < 4.78 is 0. The molecule has 0 fully saturated rings. The summed E-state index contributed by atoms with van der Waals surface area (Å²) >= 11 is 0. The Morgan fingerprint density at radius 1 is 1.21 bits per heavy atom. The maximum absolute atomic E-state index is 5.95. The van der Waals surface area contributed by atoms with Crippen molar-refractivity contribution in [1.29, 1.82) is 0 Å². The summed E-state index contributed by atoms with van der Waals surface area (Å²) in [7, 11) is 0. The van der Waals surface area contributed by atoms with E-state index in [1.165, 1.54) is 11.1 Å². The van der Waals surface area contributed by atoms with Gasteiger partial charge in [-0.25, -0.2) is 0 Å². The van der Waals surface area contributed by atoms with Gasteiger partial charge in [0.15, 0.2) is 0 Å². The minimum absolute atomic E-state index is 0.914. The molecule has 0 aromatic heterocycles. The van der Waals surface area contributed by atoms with Gasteiger partial charge >= 0.3 is 0 Å². The lowest BCUT2D eigenvalue weighted by Gasteiger charge is -2.20. The Morgan fingerprint density at radius 3 is 2.36 bits per heavy atom. The SMILES string of the molecule is CCN(CC)Cc1c(C)cccc1N. The van der Waals surface area contributed by atoms with Crippen LogP contribution in [0.15, 0.2) is 18.2 Å². The Labute approximate surface area is 86.7 Å². The quantitative estimate of drug-likeness (QED) is 0.742. The minimum atomic E-state index is 0.914. The van der Waals surface area contributed by atoms with E-state index >= 15 is 0 Å². The molecule has 0 saturated carbocycles. The molecule has 78 valence electrons. The first kappa shape index (κ1) is 11.1. The van der Waals surface area contributed by atoms with Crippen LogP contribution >= 0.6 is 0 Å². The number of nitrogens with zero attached hydrogens (tertiary/aromatic N) is 1. The molecule has 0 atom stereocenters. The third-order valence-electron chi connectivity index (χ3n) is 2.72. The summed E-state index contributed by atoms with van der Waals surface area (Å²) in [5, 5.41) is 0. The zero-order valence-electron chi connectivity index (χ0n) is 9.38. The molecular weight excluding hydrogens is 172 g/mol. The van der Waals surface area contributed by atoms with Gasteiger partial charge in [-0.15, -0.1) is 0 Å². The van der Waals surface area contributed by atoms with Crippen LogP contribution < -0.4 is 5.73 Å². The van der Waals surface area contributed by atoms with Crippen molar-refractivity contribution in [3.63, 3.8) is 0 Å². The zero-order valence-corrected chi connectivity index (χ0v) is 9.38. The second-order valence-corrected chi connectivity index (χ2v) is 3.60. The molecule has 0 aliphatic carbocycles. The molecule has 2 nitrogen and oxygen atoms in total. The standard InChI is InChI=1S/C12H20N2/c1-4-14(5-2)9-11-10(3)7-6-8-12(11)13/h6-8H,4-5,9,13H2,1-3H3. The second kappa shape index (κ2) is 5.01. The van der Waals surface area contributed by atoms with Gasteiger partial charge in [0.25, 0.3) is 0 Å². The second-order valence-electron chi connectivity index (χ2n) is 3.60. The molecule has 0 amide bonds. The van der Waals surface area contributed by atoms with E-state index in [-0.39, 0.29) is 0 Å². The third kappa shape index (κ3) is 2.48. The maximum Gasteiger partial charge on any atom is 0.0362 e. The van der Waals surface area contributed by atoms with Crippen molar-refractivity contribution in [2.45, 2.75) is 27.3 Å². The number of hydrogen-bond acceptors (Lipinski definition) is 2. The van der Waals surface area contributed by atoms with Gasteiger partial charge < -0.3 is 5.73 Å². The van der Waals surface area contributed by atoms with Gasteiger partial charge in [-0.05, 0) is 37.2 Å².